The van der Waals surface area contributed by atoms with Crippen LogP contribution in [0.1, 0.15) is 12.0 Å². The fraction of sp³-hybridized carbons (Fsp3) is 0.429. The zero-order chi connectivity index (χ0) is 15.8. The third-order valence-electron chi connectivity index (χ3n) is 3.45. The van der Waals surface area contributed by atoms with E-state index in [9.17, 15) is 18.3 Å². The molecule has 1 aromatic carbocycles. The molecule has 22 heavy (non-hydrogen) atoms. The minimum absolute atomic E-state index is 0.223. The van der Waals surface area contributed by atoms with E-state index < -0.39 is 18.4 Å². The molecule has 0 radical (unpaired) electrons. The predicted octanol–water partition coefficient (Wildman–Crippen LogP) is 2.37. The molecular weight excluding hydrogens is 303 g/mol. The Hall–Kier alpha value is -1.93. The highest BCUT2D eigenvalue weighted by atomic mass is 19.4. The zero-order valence-corrected chi connectivity index (χ0v) is 11.4. The SMILES string of the molecule is Oc1cc(C2=CC3(CCOC3)ON2)ccc1OCC(F)(F)F. The average Bonchev–Trinajstić information content (AvgIpc) is 3.07. The van der Waals surface area contributed by atoms with Gasteiger partial charge >= 0.3 is 6.18 Å². The van der Waals surface area contributed by atoms with Gasteiger partial charge in [-0.1, -0.05) is 0 Å². The fourth-order valence-electron chi connectivity index (χ4n) is 2.34. The van der Waals surface area contributed by atoms with Crippen LogP contribution in [-0.2, 0) is 9.57 Å². The number of phenols is 1. The normalized spacial score (nSPS) is 24.4. The van der Waals surface area contributed by atoms with Gasteiger partial charge in [0.1, 0.15) is 5.60 Å². The van der Waals surface area contributed by atoms with Crippen LogP contribution in [0.15, 0.2) is 24.3 Å². The Morgan fingerprint density at radius 3 is 2.82 bits per heavy atom. The van der Waals surface area contributed by atoms with Gasteiger partial charge < -0.3 is 14.6 Å². The lowest BCUT2D eigenvalue weighted by Gasteiger charge is -2.15. The molecule has 1 saturated heterocycles. The standard InChI is InChI=1S/C14H14F3NO4/c15-14(16,17)8-21-12-2-1-9(5-11(12)19)10-6-13(22-18-10)3-4-20-7-13/h1-2,5-6,18-19H,3-4,7-8H2. The lowest BCUT2D eigenvalue weighted by atomic mass is 10.0. The summed E-state index contributed by atoms with van der Waals surface area (Å²) < 4.78 is 46.2. The van der Waals surface area contributed by atoms with Gasteiger partial charge in [0.15, 0.2) is 18.1 Å². The van der Waals surface area contributed by atoms with E-state index >= 15 is 0 Å². The summed E-state index contributed by atoms with van der Waals surface area (Å²) in [5.74, 6) is -0.590. The maximum Gasteiger partial charge on any atom is 0.422 e. The smallest absolute Gasteiger partial charge is 0.422 e. The molecule has 1 fully saturated rings. The molecular formula is C14H14F3NO4. The van der Waals surface area contributed by atoms with Crippen molar-refractivity contribution in [3.63, 3.8) is 0 Å². The summed E-state index contributed by atoms with van der Waals surface area (Å²) >= 11 is 0. The molecule has 0 aliphatic carbocycles. The van der Waals surface area contributed by atoms with Crippen LogP contribution in [0.4, 0.5) is 13.2 Å². The molecule has 2 heterocycles. The number of halogens is 3. The first kappa shape index (κ1) is 15.0. The van der Waals surface area contributed by atoms with Crippen LogP contribution in [0.3, 0.4) is 0 Å². The van der Waals surface area contributed by atoms with Crippen molar-refractivity contribution < 1.29 is 32.6 Å². The van der Waals surface area contributed by atoms with Gasteiger partial charge in [0.2, 0.25) is 0 Å². The number of rotatable bonds is 3. The summed E-state index contributed by atoms with van der Waals surface area (Å²) in [6.07, 6.45) is -1.89. The molecule has 1 unspecified atom stereocenters. The molecule has 1 atom stereocenters. The Bertz CT molecular complexity index is 594. The second kappa shape index (κ2) is 5.36. The molecule has 5 nitrogen and oxygen atoms in total. The molecule has 8 heteroatoms. The van der Waals surface area contributed by atoms with Gasteiger partial charge in [-0.2, -0.15) is 13.2 Å². The number of alkyl halides is 3. The van der Waals surface area contributed by atoms with Crippen molar-refractivity contribution in [3.05, 3.63) is 29.8 Å². The van der Waals surface area contributed by atoms with E-state index in [-0.39, 0.29) is 11.5 Å². The van der Waals surface area contributed by atoms with Crippen LogP contribution < -0.4 is 10.2 Å². The third-order valence-corrected chi connectivity index (χ3v) is 3.45. The summed E-state index contributed by atoms with van der Waals surface area (Å²) in [6.45, 7) is -0.423. The Labute approximate surface area is 124 Å². The highest BCUT2D eigenvalue weighted by Crippen LogP contribution is 2.35. The fourth-order valence-corrected chi connectivity index (χ4v) is 2.34. The number of hydrogen-bond donors (Lipinski definition) is 2. The zero-order valence-electron chi connectivity index (χ0n) is 11.4. The third kappa shape index (κ3) is 3.12. The highest BCUT2D eigenvalue weighted by molar-refractivity contribution is 5.68. The highest BCUT2D eigenvalue weighted by Gasteiger charge is 2.39. The molecule has 1 aromatic rings. The number of ether oxygens (including phenoxy) is 2. The van der Waals surface area contributed by atoms with Crippen LogP contribution >= 0.6 is 0 Å². The summed E-state index contributed by atoms with van der Waals surface area (Å²) in [4.78, 5) is 5.50. The first-order valence-electron chi connectivity index (χ1n) is 6.64. The molecule has 0 aromatic heterocycles. The van der Waals surface area contributed by atoms with E-state index in [0.29, 0.717) is 30.9 Å². The molecule has 0 amide bonds. The second-order valence-electron chi connectivity index (χ2n) is 5.22. The molecule has 2 aliphatic rings. The Morgan fingerprint density at radius 2 is 2.18 bits per heavy atom. The molecule has 2 N–H and O–H groups in total. The number of hydroxylamine groups is 1. The number of hydrogen-bond acceptors (Lipinski definition) is 5. The molecule has 1 spiro atoms. The molecule has 0 saturated carbocycles. The maximum absolute atomic E-state index is 12.1. The van der Waals surface area contributed by atoms with Crippen molar-refractivity contribution in [3.8, 4) is 11.5 Å². The number of nitrogens with one attached hydrogen (secondary N) is 1. The van der Waals surface area contributed by atoms with Crippen LogP contribution in [0.25, 0.3) is 5.70 Å². The molecule has 120 valence electrons. The maximum atomic E-state index is 12.1. The van der Waals surface area contributed by atoms with Gasteiger partial charge in [-0.3, -0.25) is 10.3 Å². The topological polar surface area (TPSA) is 60.0 Å². The van der Waals surface area contributed by atoms with E-state index in [1.807, 2.05) is 6.08 Å². The molecule has 2 aliphatic heterocycles. The van der Waals surface area contributed by atoms with Gasteiger partial charge in [-0.15, -0.1) is 0 Å². The van der Waals surface area contributed by atoms with E-state index in [1.54, 1.807) is 6.07 Å². The van der Waals surface area contributed by atoms with Crippen LogP contribution in [0, 0.1) is 0 Å². The van der Waals surface area contributed by atoms with Crippen LogP contribution in [-0.4, -0.2) is 36.7 Å². The quantitative estimate of drug-likeness (QED) is 0.896. The van der Waals surface area contributed by atoms with Crippen molar-refractivity contribution in [2.24, 2.45) is 0 Å². The van der Waals surface area contributed by atoms with Crippen LogP contribution in [0.5, 0.6) is 11.5 Å². The first-order valence-corrected chi connectivity index (χ1v) is 6.64. The van der Waals surface area contributed by atoms with Crippen molar-refractivity contribution >= 4 is 5.70 Å². The van der Waals surface area contributed by atoms with Crippen LogP contribution in [0.2, 0.25) is 0 Å². The van der Waals surface area contributed by atoms with Gasteiger partial charge in [0, 0.05) is 18.6 Å². The summed E-state index contributed by atoms with van der Waals surface area (Å²) in [5, 5.41) is 9.79. The second-order valence-corrected chi connectivity index (χ2v) is 5.22. The number of phenolic OH excluding ortho intramolecular Hbond substituents is 1. The minimum Gasteiger partial charge on any atom is -0.504 e. The number of aromatic hydroxyl groups is 1. The van der Waals surface area contributed by atoms with Gasteiger partial charge in [0.05, 0.1) is 12.3 Å². The summed E-state index contributed by atoms with van der Waals surface area (Å²) in [6, 6.07) is 4.15. The Kier molecular flexibility index (Phi) is 3.65. The number of benzene rings is 1. The minimum atomic E-state index is -4.46. The average molecular weight is 317 g/mol. The molecule has 0 bridgehead atoms. The van der Waals surface area contributed by atoms with Crippen molar-refractivity contribution in [2.75, 3.05) is 19.8 Å². The molecule has 3 rings (SSSR count). The van der Waals surface area contributed by atoms with E-state index in [2.05, 4.69) is 10.2 Å². The van der Waals surface area contributed by atoms with E-state index in [0.717, 1.165) is 0 Å². The van der Waals surface area contributed by atoms with Gasteiger partial charge in [-0.25, -0.2) is 0 Å². The Balaban J connectivity index is 1.75. The monoisotopic (exact) mass is 317 g/mol. The first-order chi connectivity index (χ1) is 10.4. The lowest BCUT2D eigenvalue weighted by molar-refractivity contribution is -0.153. The van der Waals surface area contributed by atoms with Crippen molar-refractivity contribution in [2.45, 2.75) is 18.2 Å². The van der Waals surface area contributed by atoms with Crippen molar-refractivity contribution in [1.82, 2.24) is 5.48 Å². The van der Waals surface area contributed by atoms with Gasteiger partial charge in [0.25, 0.3) is 0 Å². The van der Waals surface area contributed by atoms with E-state index in [4.69, 9.17) is 9.57 Å². The predicted molar refractivity (Wildman–Crippen MR) is 70.0 cm³/mol. The lowest BCUT2D eigenvalue weighted by Crippen LogP contribution is -2.29. The largest absolute Gasteiger partial charge is 0.504 e. The summed E-state index contributed by atoms with van der Waals surface area (Å²) in [5.41, 5.74) is 3.45. The summed E-state index contributed by atoms with van der Waals surface area (Å²) in [7, 11) is 0. The Morgan fingerprint density at radius 1 is 1.36 bits per heavy atom. The van der Waals surface area contributed by atoms with Crippen molar-refractivity contribution in [1.29, 1.82) is 0 Å². The van der Waals surface area contributed by atoms with E-state index in [1.165, 1.54) is 12.1 Å². The van der Waals surface area contributed by atoms with Gasteiger partial charge in [-0.05, 0) is 24.3 Å².